The zero-order valence-corrected chi connectivity index (χ0v) is 16.0. The van der Waals surface area contributed by atoms with Gasteiger partial charge in [-0.15, -0.1) is 0 Å². The minimum absolute atomic E-state index is 0.191. The molecule has 0 aromatic carbocycles. The molecule has 0 radical (unpaired) electrons. The summed E-state index contributed by atoms with van der Waals surface area (Å²) < 4.78 is 16.2. The van der Waals surface area contributed by atoms with E-state index in [2.05, 4.69) is 15.3 Å². The fraction of sp³-hybridized carbons (Fsp3) is 0.421. The minimum atomic E-state index is -0.191. The third kappa shape index (κ3) is 6.11. The molecule has 1 atom stereocenters. The van der Waals surface area contributed by atoms with E-state index < -0.39 is 0 Å². The lowest BCUT2D eigenvalue weighted by molar-refractivity contribution is 0.0950. The highest BCUT2D eigenvalue weighted by atomic mass is 32.2. The number of thioether (sulfide) groups is 1. The Morgan fingerprint density at radius 3 is 2.93 bits per heavy atom. The Kier molecular flexibility index (Phi) is 7.29. The van der Waals surface area contributed by atoms with E-state index in [-0.39, 0.29) is 12.0 Å². The first-order chi connectivity index (χ1) is 13.2. The first kappa shape index (κ1) is 19.4. The smallest absolute Gasteiger partial charge is 0.253 e. The van der Waals surface area contributed by atoms with Crippen molar-refractivity contribution >= 4 is 17.7 Å². The van der Waals surface area contributed by atoms with Crippen LogP contribution in [0.5, 0.6) is 11.8 Å². The number of carbonyl (C=O) groups is 1. The number of pyridine rings is 2. The Morgan fingerprint density at radius 1 is 1.26 bits per heavy atom. The normalized spacial score (nSPS) is 16.1. The number of carbonyl (C=O) groups excluding carboxylic acids is 1. The molecule has 0 bridgehead atoms. The molecular weight excluding hydrogens is 366 g/mol. The van der Waals surface area contributed by atoms with Crippen molar-refractivity contribution in [1.29, 1.82) is 0 Å². The number of amides is 1. The van der Waals surface area contributed by atoms with Gasteiger partial charge in [-0.2, -0.15) is 11.8 Å². The summed E-state index contributed by atoms with van der Waals surface area (Å²) in [4.78, 5) is 20.7. The molecule has 1 amide bonds. The standard InChI is InChI=1S/C19H23N3O4S/c1-24-7-8-25-18-10-14(4-6-20-18)11-22-19(23)15-2-3-17(21-12-15)26-16-5-9-27-13-16/h2-4,6,10,12,16H,5,7-9,11,13H2,1H3,(H,22,23). The summed E-state index contributed by atoms with van der Waals surface area (Å²) in [6.45, 7) is 1.30. The molecule has 3 heterocycles. The number of methoxy groups -OCH3 is 1. The summed E-state index contributed by atoms with van der Waals surface area (Å²) in [5, 5.41) is 2.87. The molecule has 1 N–H and O–H groups in total. The monoisotopic (exact) mass is 389 g/mol. The molecule has 27 heavy (non-hydrogen) atoms. The van der Waals surface area contributed by atoms with Crippen LogP contribution in [0.15, 0.2) is 36.7 Å². The summed E-state index contributed by atoms with van der Waals surface area (Å²) >= 11 is 1.88. The van der Waals surface area contributed by atoms with E-state index >= 15 is 0 Å². The number of nitrogens with one attached hydrogen (secondary N) is 1. The summed E-state index contributed by atoms with van der Waals surface area (Å²) in [7, 11) is 1.62. The largest absolute Gasteiger partial charge is 0.475 e. The Morgan fingerprint density at radius 2 is 2.19 bits per heavy atom. The van der Waals surface area contributed by atoms with Gasteiger partial charge in [-0.3, -0.25) is 4.79 Å². The van der Waals surface area contributed by atoms with E-state index in [1.807, 2.05) is 17.8 Å². The third-order valence-electron chi connectivity index (χ3n) is 3.96. The molecule has 1 unspecified atom stereocenters. The Hall–Kier alpha value is -2.32. The quantitative estimate of drug-likeness (QED) is 0.659. The van der Waals surface area contributed by atoms with Crippen molar-refractivity contribution in [3.8, 4) is 11.8 Å². The first-order valence-electron chi connectivity index (χ1n) is 8.80. The zero-order chi connectivity index (χ0) is 18.9. The molecule has 2 aromatic rings. The highest BCUT2D eigenvalue weighted by molar-refractivity contribution is 7.99. The van der Waals surface area contributed by atoms with Crippen molar-refractivity contribution < 1.29 is 19.0 Å². The maximum Gasteiger partial charge on any atom is 0.253 e. The summed E-state index contributed by atoms with van der Waals surface area (Å²) in [5.74, 6) is 2.99. The number of aromatic nitrogens is 2. The summed E-state index contributed by atoms with van der Waals surface area (Å²) in [6, 6.07) is 7.10. The van der Waals surface area contributed by atoms with Gasteiger partial charge >= 0.3 is 0 Å². The van der Waals surface area contributed by atoms with Gasteiger partial charge in [-0.05, 0) is 29.9 Å². The molecule has 0 aliphatic carbocycles. The maximum atomic E-state index is 12.3. The van der Waals surface area contributed by atoms with E-state index in [1.165, 1.54) is 0 Å². The van der Waals surface area contributed by atoms with Crippen molar-refractivity contribution in [3.05, 3.63) is 47.8 Å². The predicted octanol–water partition coefficient (Wildman–Crippen LogP) is 2.32. The number of ether oxygens (including phenoxy) is 3. The molecule has 1 fully saturated rings. The second-order valence-electron chi connectivity index (χ2n) is 6.01. The Labute approximate surface area is 162 Å². The number of hydrogen-bond donors (Lipinski definition) is 1. The van der Waals surface area contributed by atoms with E-state index in [9.17, 15) is 4.79 Å². The van der Waals surface area contributed by atoms with Crippen LogP contribution in [0.4, 0.5) is 0 Å². The van der Waals surface area contributed by atoms with E-state index in [4.69, 9.17) is 14.2 Å². The van der Waals surface area contributed by atoms with Gasteiger partial charge in [0.15, 0.2) is 0 Å². The second-order valence-corrected chi connectivity index (χ2v) is 7.16. The molecule has 7 nitrogen and oxygen atoms in total. The van der Waals surface area contributed by atoms with Crippen LogP contribution in [0, 0.1) is 0 Å². The molecule has 1 aliphatic rings. The van der Waals surface area contributed by atoms with Crippen LogP contribution in [0.2, 0.25) is 0 Å². The minimum Gasteiger partial charge on any atom is -0.475 e. The van der Waals surface area contributed by atoms with Crippen LogP contribution in [0.1, 0.15) is 22.3 Å². The Balaban J connectivity index is 1.49. The van der Waals surface area contributed by atoms with E-state index in [0.29, 0.717) is 37.1 Å². The second kappa shape index (κ2) is 10.1. The van der Waals surface area contributed by atoms with E-state index in [1.54, 1.807) is 37.7 Å². The van der Waals surface area contributed by atoms with Crippen molar-refractivity contribution in [1.82, 2.24) is 15.3 Å². The third-order valence-corrected chi connectivity index (χ3v) is 5.10. The molecule has 1 saturated heterocycles. The molecule has 0 spiro atoms. The average molecular weight is 389 g/mol. The fourth-order valence-corrected chi connectivity index (χ4v) is 3.61. The SMILES string of the molecule is COCCOc1cc(CNC(=O)c2ccc(OC3CCSC3)nc2)ccn1. The predicted molar refractivity (Wildman–Crippen MR) is 103 cm³/mol. The molecule has 2 aromatic heterocycles. The molecular formula is C19H23N3O4S. The highest BCUT2D eigenvalue weighted by Gasteiger charge is 2.17. The van der Waals surface area contributed by atoms with Crippen LogP contribution in [-0.2, 0) is 11.3 Å². The van der Waals surface area contributed by atoms with Gasteiger partial charge < -0.3 is 19.5 Å². The van der Waals surface area contributed by atoms with Gasteiger partial charge in [0.05, 0.1) is 12.2 Å². The number of nitrogens with zero attached hydrogens (tertiary/aromatic N) is 2. The first-order valence-corrected chi connectivity index (χ1v) is 9.95. The average Bonchev–Trinajstić information content (AvgIpc) is 3.20. The fourth-order valence-electron chi connectivity index (χ4n) is 2.51. The number of hydrogen-bond acceptors (Lipinski definition) is 7. The van der Waals surface area contributed by atoms with Gasteiger partial charge in [-0.25, -0.2) is 9.97 Å². The van der Waals surface area contributed by atoms with Crippen LogP contribution < -0.4 is 14.8 Å². The molecule has 144 valence electrons. The van der Waals surface area contributed by atoms with Crippen molar-refractivity contribution in [2.45, 2.75) is 19.1 Å². The van der Waals surface area contributed by atoms with Crippen molar-refractivity contribution in [2.24, 2.45) is 0 Å². The summed E-state index contributed by atoms with van der Waals surface area (Å²) in [5.41, 5.74) is 1.39. The van der Waals surface area contributed by atoms with Gasteiger partial charge in [0.2, 0.25) is 11.8 Å². The summed E-state index contributed by atoms with van der Waals surface area (Å²) in [6.07, 6.45) is 4.45. The molecule has 8 heteroatoms. The van der Waals surface area contributed by atoms with Crippen LogP contribution in [0.25, 0.3) is 0 Å². The topological polar surface area (TPSA) is 82.6 Å². The zero-order valence-electron chi connectivity index (χ0n) is 15.2. The van der Waals surface area contributed by atoms with Crippen LogP contribution >= 0.6 is 11.8 Å². The molecule has 3 rings (SSSR count). The lowest BCUT2D eigenvalue weighted by Crippen LogP contribution is -2.23. The van der Waals surface area contributed by atoms with Crippen molar-refractivity contribution in [3.63, 3.8) is 0 Å². The molecule has 1 aliphatic heterocycles. The van der Waals surface area contributed by atoms with Crippen LogP contribution in [0.3, 0.4) is 0 Å². The van der Waals surface area contributed by atoms with Crippen LogP contribution in [-0.4, -0.2) is 53.8 Å². The lowest BCUT2D eigenvalue weighted by atomic mass is 10.2. The van der Waals surface area contributed by atoms with E-state index in [0.717, 1.165) is 23.5 Å². The highest BCUT2D eigenvalue weighted by Crippen LogP contribution is 2.22. The Bertz CT molecular complexity index is 736. The van der Waals surface area contributed by atoms with Gasteiger partial charge in [-0.1, -0.05) is 0 Å². The lowest BCUT2D eigenvalue weighted by Gasteiger charge is -2.11. The van der Waals surface area contributed by atoms with Crippen molar-refractivity contribution in [2.75, 3.05) is 31.8 Å². The van der Waals surface area contributed by atoms with Gasteiger partial charge in [0.1, 0.15) is 12.7 Å². The molecule has 0 saturated carbocycles. The van der Waals surface area contributed by atoms with Gasteiger partial charge in [0, 0.05) is 43.9 Å². The maximum absolute atomic E-state index is 12.3. The van der Waals surface area contributed by atoms with Gasteiger partial charge in [0.25, 0.3) is 5.91 Å². The number of rotatable bonds is 9.